The summed E-state index contributed by atoms with van der Waals surface area (Å²) in [7, 11) is 0. The van der Waals surface area contributed by atoms with Gasteiger partial charge in [-0.05, 0) is 69.0 Å². The summed E-state index contributed by atoms with van der Waals surface area (Å²) in [6.45, 7) is 5.11. The molecule has 5 aliphatic rings. The number of hydrogen-bond acceptors (Lipinski definition) is 5. The van der Waals surface area contributed by atoms with Gasteiger partial charge in [0.25, 0.3) is 0 Å². The fourth-order valence-electron chi connectivity index (χ4n) is 7.00. The summed E-state index contributed by atoms with van der Waals surface area (Å²) in [5, 5.41) is 21.5. The summed E-state index contributed by atoms with van der Waals surface area (Å²) in [5.74, 6) is 1.67. The number of phenolic OH excluding ortho intramolecular Hbond substituents is 1. The first-order valence-corrected chi connectivity index (χ1v) is 11.2. The van der Waals surface area contributed by atoms with Crippen molar-refractivity contribution in [3.63, 3.8) is 0 Å². The van der Waals surface area contributed by atoms with Gasteiger partial charge in [-0.15, -0.1) is 0 Å². The molecule has 1 aromatic rings. The molecular weight excluding hydrogens is 354 g/mol. The van der Waals surface area contributed by atoms with Crippen molar-refractivity contribution in [2.24, 2.45) is 5.92 Å². The molecule has 2 heterocycles. The molecule has 3 fully saturated rings. The minimum atomic E-state index is -0.508. The highest BCUT2D eigenvalue weighted by molar-refractivity contribution is 5.62. The lowest BCUT2D eigenvalue weighted by Gasteiger charge is -2.65. The smallest absolute Gasteiger partial charge is 0.165 e. The SMILES string of the molecule is CCCO[C@@]12CC[C@H](O)[C@@H]3Oc4c(O)ccc5c4[C@@]31CCN(CC1CC1)[C@@H]2C5. The van der Waals surface area contributed by atoms with E-state index in [4.69, 9.17) is 9.47 Å². The Balaban J connectivity index is 1.56. The second-order valence-electron chi connectivity index (χ2n) is 9.71. The van der Waals surface area contributed by atoms with Gasteiger partial charge in [-0.2, -0.15) is 0 Å². The number of piperidine rings is 1. The largest absolute Gasteiger partial charge is 0.504 e. The first-order valence-electron chi connectivity index (χ1n) is 11.2. The topological polar surface area (TPSA) is 62.2 Å². The molecule has 2 bridgehead atoms. The number of ether oxygens (including phenoxy) is 2. The number of phenols is 1. The van der Waals surface area contributed by atoms with Crippen LogP contribution < -0.4 is 4.74 Å². The predicted octanol–water partition coefficient (Wildman–Crippen LogP) is 2.75. The zero-order valence-electron chi connectivity index (χ0n) is 16.7. The molecule has 2 N–H and O–H groups in total. The lowest BCUT2D eigenvalue weighted by molar-refractivity contribution is -0.233. The van der Waals surface area contributed by atoms with E-state index in [2.05, 4.69) is 17.9 Å². The van der Waals surface area contributed by atoms with Crippen molar-refractivity contribution < 1.29 is 19.7 Å². The molecule has 28 heavy (non-hydrogen) atoms. The minimum Gasteiger partial charge on any atom is -0.504 e. The maximum Gasteiger partial charge on any atom is 0.165 e. The molecule has 1 aromatic carbocycles. The number of hydrogen-bond donors (Lipinski definition) is 2. The molecule has 1 spiro atoms. The molecule has 0 amide bonds. The van der Waals surface area contributed by atoms with Crippen molar-refractivity contribution in [2.75, 3.05) is 19.7 Å². The summed E-state index contributed by atoms with van der Waals surface area (Å²) in [6.07, 6.45) is 6.34. The summed E-state index contributed by atoms with van der Waals surface area (Å²) < 4.78 is 13.2. The van der Waals surface area contributed by atoms with E-state index in [1.54, 1.807) is 6.07 Å². The van der Waals surface area contributed by atoms with Crippen LogP contribution in [0.15, 0.2) is 12.1 Å². The van der Waals surface area contributed by atoms with Gasteiger partial charge in [-0.3, -0.25) is 4.90 Å². The van der Waals surface area contributed by atoms with E-state index in [0.29, 0.717) is 18.2 Å². The highest BCUT2D eigenvalue weighted by atomic mass is 16.5. The average molecular weight is 386 g/mol. The Morgan fingerprint density at radius 3 is 2.89 bits per heavy atom. The fraction of sp³-hybridized carbons (Fsp3) is 0.739. The van der Waals surface area contributed by atoms with Crippen molar-refractivity contribution in [1.82, 2.24) is 4.90 Å². The maximum absolute atomic E-state index is 11.0. The zero-order chi connectivity index (χ0) is 19.1. The Morgan fingerprint density at radius 1 is 1.25 bits per heavy atom. The Kier molecular flexibility index (Phi) is 3.68. The van der Waals surface area contributed by atoms with Crippen LogP contribution in [0.2, 0.25) is 0 Å². The van der Waals surface area contributed by atoms with Crippen molar-refractivity contribution >= 4 is 0 Å². The summed E-state index contributed by atoms with van der Waals surface area (Å²) in [5.41, 5.74) is 1.76. The van der Waals surface area contributed by atoms with Crippen molar-refractivity contribution in [1.29, 1.82) is 0 Å². The zero-order valence-corrected chi connectivity index (χ0v) is 16.7. The van der Waals surface area contributed by atoms with Gasteiger partial charge in [0.15, 0.2) is 11.5 Å². The molecule has 5 heteroatoms. The van der Waals surface area contributed by atoms with Gasteiger partial charge in [0.2, 0.25) is 0 Å². The molecule has 0 unspecified atom stereocenters. The van der Waals surface area contributed by atoms with Crippen molar-refractivity contribution in [2.45, 2.75) is 81.1 Å². The molecule has 0 aromatic heterocycles. The van der Waals surface area contributed by atoms with Crippen LogP contribution in [0, 0.1) is 5.92 Å². The first-order chi connectivity index (χ1) is 13.6. The van der Waals surface area contributed by atoms with E-state index in [0.717, 1.165) is 50.3 Å². The molecule has 2 aliphatic heterocycles. The third-order valence-electron chi connectivity index (χ3n) is 8.25. The molecule has 6 rings (SSSR count). The molecule has 3 aliphatic carbocycles. The van der Waals surface area contributed by atoms with Gasteiger partial charge < -0.3 is 19.7 Å². The molecule has 2 saturated carbocycles. The number of aromatic hydroxyl groups is 1. The quantitative estimate of drug-likeness (QED) is 0.816. The maximum atomic E-state index is 11.0. The Labute approximate surface area is 166 Å². The predicted molar refractivity (Wildman–Crippen MR) is 105 cm³/mol. The van der Waals surface area contributed by atoms with E-state index in [1.807, 2.05) is 0 Å². The van der Waals surface area contributed by atoms with Gasteiger partial charge >= 0.3 is 0 Å². The molecule has 152 valence electrons. The van der Waals surface area contributed by atoms with Crippen LogP contribution in [0.25, 0.3) is 0 Å². The number of rotatable bonds is 5. The Hall–Kier alpha value is -1.30. The molecule has 5 atom stereocenters. The average Bonchev–Trinajstić information content (AvgIpc) is 3.43. The monoisotopic (exact) mass is 385 g/mol. The van der Waals surface area contributed by atoms with Crippen molar-refractivity contribution in [3.05, 3.63) is 23.3 Å². The van der Waals surface area contributed by atoms with Gasteiger partial charge in [0, 0.05) is 24.8 Å². The summed E-state index contributed by atoms with van der Waals surface area (Å²) in [4.78, 5) is 2.70. The van der Waals surface area contributed by atoms with Crippen LogP contribution in [0.5, 0.6) is 11.5 Å². The van der Waals surface area contributed by atoms with E-state index in [-0.39, 0.29) is 22.9 Å². The summed E-state index contributed by atoms with van der Waals surface area (Å²) >= 11 is 0. The van der Waals surface area contributed by atoms with Crippen LogP contribution in [-0.2, 0) is 16.6 Å². The van der Waals surface area contributed by atoms with Crippen LogP contribution >= 0.6 is 0 Å². The van der Waals surface area contributed by atoms with Crippen LogP contribution in [0.1, 0.15) is 56.6 Å². The number of likely N-dealkylation sites (tertiary alicyclic amines) is 1. The third-order valence-corrected chi connectivity index (χ3v) is 8.25. The lowest BCUT2D eigenvalue weighted by Crippen LogP contribution is -2.78. The van der Waals surface area contributed by atoms with Crippen LogP contribution in [0.3, 0.4) is 0 Å². The number of nitrogens with zero attached hydrogens (tertiary/aromatic N) is 1. The normalized spacial score (nSPS) is 40.9. The van der Waals surface area contributed by atoms with Gasteiger partial charge in [-0.1, -0.05) is 13.0 Å². The van der Waals surface area contributed by atoms with Crippen LogP contribution in [0.4, 0.5) is 0 Å². The first kappa shape index (κ1) is 17.5. The van der Waals surface area contributed by atoms with Crippen LogP contribution in [-0.4, -0.2) is 58.7 Å². The summed E-state index contributed by atoms with van der Waals surface area (Å²) in [6, 6.07) is 4.19. The third kappa shape index (κ3) is 2.03. The van der Waals surface area contributed by atoms with Gasteiger partial charge in [-0.25, -0.2) is 0 Å². The molecule has 0 radical (unpaired) electrons. The minimum absolute atomic E-state index is 0.206. The second kappa shape index (κ2) is 5.87. The molecule has 5 nitrogen and oxygen atoms in total. The fourth-order valence-corrected chi connectivity index (χ4v) is 7.00. The highest BCUT2D eigenvalue weighted by Crippen LogP contribution is 2.66. The Bertz CT molecular complexity index is 804. The lowest BCUT2D eigenvalue weighted by atomic mass is 9.48. The van der Waals surface area contributed by atoms with E-state index in [9.17, 15) is 10.2 Å². The molecular formula is C23H31NO4. The Morgan fingerprint density at radius 2 is 2.11 bits per heavy atom. The number of aliphatic hydroxyl groups is 1. The number of aliphatic hydroxyl groups excluding tert-OH is 1. The van der Waals surface area contributed by atoms with E-state index >= 15 is 0 Å². The second-order valence-corrected chi connectivity index (χ2v) is 9.71. The van der Waals surface area contributed by atoms with E-state index in [1.165, 1.54) is 24.9 Å². The van der Waals surface area contributed by atoms with Gasteiger partial charge in [0.05, 0.1) is 17.1 Å². The number of benzene rings is 1. The standard InChI is InChI=1S/C23H31NO4/c1-2-11-27-23-8-7-17(26)21-22(23)9-10-24(13-14-3-4-14)18(23)12-15-5-6-16(25)20(28-21)19(15)22/h5-6,14,17-18,21,25-26H,2-4,7-13H2,1H3/t17-,18+,21-,22-,23+/m0/s1. The van der Waals surface area contributed by atoms with Gasteiger partial charge in [0.1, 0.15) is 6.10 Å². The van der Waals surface area contributed by atoms with Crippen molar-refractivity contribution in [3.8, 4) is 11.5 Å². The van der Waals surface area contributed by atoms with E-state index < -0.39 is 6.10 Å². The highest BCUT2D eigenvalue weighted by Gasteiger charge is 2.74. The molecule has 1 saturated heterocycles.